The van der Waals surface area contributed by atoms with Crippen LogP contribution in [0.15, 0.2) is 24.3 Å². The summed E-state index contributed by atoms with van der Waals surface area (Å²) in [6.45, 7) is 10.3. The van der Waals surface area contributed by atoms with E-state index in [4.69, 9.17) is 17.0 Å². The fraction of sp³-hybridized carbons (Fsp3) is 0.562. The minimum atomic E-state index is 0.224. The normalized spacial score (nSPS) is 22.9. The maximum absolute atomic E-state index is 5.73. The van der Waals surface area contributed by atoms with Crippen molar-refractivity contribution in [2.45, 2.75) is 45.8 Å². The van der Waals surface area contributed by atoms with Gasteiger partial charge in [0, 0.05) is 18.8 Å². The van der Waals surface area contributed by atoms with Crippen LogP contribution in [0.25, 0.3) is 0 Å². The van der Waals surface area contributed by atoms with Gasteiger partial charge in [0.05, 0.1) is 12.2 Å². The smallest absolute Gasteiger partial charge is 0.173 e. The molecule has 0 bridgehead atoms. The van der Waals surface area contributed by atoms with Crippen molar-refractivity contribution in [2.75, 3.05) is 18.4 Å². The van der Waals surface area contributed by atoms with Crippen LogP contribution in [0.1, 0.15) is 39.2 Å². The Hall–Kier alpha value is -1.13. The number of nitrogens with zero attached hydrogens (tertiary/aromatic N) is 1. The van der Waals surface area contributed by atoms with Crippen molar-refractivity contribution in [3.63, 3.8) is 0 Å². The van der Waals surface area contributed by atoms with Crippen LogP contribution >= 0.6 is 12.2 Å². The van der Waals surface area contributed by atoms with Crippen LogP contribution in [-0.4, -0.2) is 35.3 Å². The fourth-order valence-corrected chi connectivity index (χ4v) is 2.76. The summed E-state index contributed by atoms with van der Waals surface area (Å²) in [5, 5.41) is 4.10. The predicted molar refractivity (Wildman–Crippen MR) is 88.3 cm³/mol. The maximum atomic E-state index is 5.73. The van der Waals surface area contributed by atoms with Crippen LogP contribution in [0.5, 0.6) is 0 Å². The van der Waals surface area contributed by atoms with Gasteiger partial charge in [0.15, 0.2) is 5.11 Å². The van der Waals surface area contributed by atoms with Gasteiger partial charge in [-0.3, -0.25) is 0 Å². The number of ether oxygens (including phenoxy) is 1. The number of morpholine rings is 1. The summed E-state index contributed by atoms with van der Waals surface area (Å²) in [6, 6.07) is 8.49. The molecule has 2 unspecified atom stereocenters. The Morgan fingerprint density at radius 1 is 1.20 bits per heavy atom. The molecule has 1 N–H and O–H groups in total. The van der Waals surface area contributed by atoms with Crippen molar-refractivity contribution in [3.8, 4) is 0 Å². The van der Waals surface area contributed by atoms with E-state index in [1.165, 1.54) is 5.56 Å². The molecule has 1 saturated heterocycles. The van der Waals surface area contributed by atoms with E-state index in [0.29, 0.717) is 5.92 Å². The summed E-state index contributed by atoms with van der Waals surface area (Å²) in [7, 11) is 0. The first kappa shape index (κ1) is 15.3. The summed E-state index contributed by atoms with van der Waals surface area (Å²) in [5.74, 6) is 0.553. The molecule has 20 heavy (non-hydrogen) atoms. The lowest BCUT2D eigenvalue weighted by atomic mass is 10.0. The average Bonchev–Trinajstić information content (AvgIpc) is 2.38. The second kappa shape index (κ2) is 6.55. The molecule has 2 atom stereocenters. The number of hydrogen-bond donors (Lipinski definition) is 1. The van der Waals surface area contributed by atoms with E-state index in [1.807, 2.05) is 0 Å². The number of anilines is 1. The first-order chi connectivity index (χ1) is 9.45. The summed E-state index contributed by atoms with van der Waals surface area (Å²) < 4.78 is 5.73. The molecule has 0 amide bonds. The van der Waals surface area contributed by atoms with E-state index in [0.717, 1.165) is 23.9 Å². The Balaban J connectivity index is 1.97. The first-order valence-electron chi connectivity index (χ1n) is 7.27. The van der Waals surface area contributed by atoms with E-state index >= 15 is 0 Å². The second-order valence-corrected chi connectivity index (χ2v) is 6.26. The van der Waals surface area contributed by atoms with E-state index in [1.54, 1.807) is 0 Å². The van der Waals surface area contributed by atoms with Crippen molar-refractivity contribution in [2.24, 2.45) is 0 Å². The van der Waals surface area contributed by atoms with Gasteiger partial charge < -0.3 is 15.0 Å². The molecule has 0 aromatic heterocycles. The lowest BCUT2D eigenvalue weighted by Gasteiger charge is -2.36. The standard InChI is InChI=1S/C16H24N2OS/c1-11(2)14-5-7-15(8-6-14)17-16(20)18-9-12(3)19-13(4)10-18/h5-8,11-13H,9-10H2,1-4H3,(H,17,20). The van der Waals surface area contributed by atoms with Crippen LogP contribution in [-0.2, 0) is 4.74 Å². The van der Waals surface area contributed by atoms with E-state index in [9.17, 15) is 0 Å². The Morgan fingerprint density at radius 3 is 2.25 bits per heavy atom. The van der Waals surface area contributed by atoms with Gasteiger partial charge in [0.25, 0.3) is 0 Å². The second-order valence-electron chi connectivity index (χ2n) is 5.87. The van der Waals surface area contributed by atoms with Crippen molar-refractivity contribution in [1.82, 2.24) is 4.90 Å². The molecular weight excluding hydrogens is 268 g/mol. The van der Waals surface area contributed by atoms with E-state index < -0.39 is 0 Å². The third-order valence-corrected chi connectivity index (χ3v) is 3.90. The molecule has 2 rings (SSSR count). The van der Waals surface area contributed by atoms with Crippen LogP contribution in [0.4, 0.5) is 5.69 Å². The number of thiocarbonyl (C=S) groups is 1. The van der Waals surface area contributed by atoms with Gasteiger partial charge in [-0.25, -0.2) is 0 Å². The molecule has 0 radical (unpaired) electrons. The fourth-order valence-electron chi connectivity index (χ4n) is 2.50. The van der Waals surface area contributed by atoms with Crippen molar-refractivity contribution < 1.29 is 4.74 Å². The molecule has 1 aliphatic rings. The number of nitrogens with one attached hydrogen (secondary N) is 1. The van der Waals surface area contributed by atoms with Gasteiger partial charge in [0.2, 0.25) is 0 Å². The highest BCUT2D eigenvalue weighted by atomic mass is 32.1. The monoisotopic (exact) mass is 292 g/mol. The summed E-state index contributed by atoms with van der Waals surface area (Å²) in [5.41, 5.74) is 2.39. The molecular formula is C16H24N2OS. The SMILES string of the molecule is CC1CN(C(=S)Nc2ccc(C(C)C)cc2)CC(C)O1. The quantitative estimate of drug-likeness (QED) is 0.842. The van der Waals surface area contributed by atoms with Crippen molar-refractivity contribution in [1.29, 1.82) is 0 Å². The van der Waals surface area contributed by atoms with Crippen LogP contribution in [0, 0.1) is 0 Å². The molecule has 3 nitrogen and oxygen atoms in total. The molecule has 110 valence electrons. The zero-order valence-corrected chi connectivity index (χ0v) is 13.5. The Labute approximate surface area is 127 Å². The Kier molecular flexibility index (Phi) is 5.00. The van der Waals surface area contributed by atoms with E-state index in [-0.39, 0.29) is 12.2 Å². The average molecular weight is 292 g/mol. The van der Waals surface area contributed by atoms with Gasteiger partial charge >= 0.3 is 0 Å². The Bertz CT molecular complexity index is 448. The van der Waals surface area contributed by atoms with Gasteiger partial charge in [-0.2, -0.15) is 0 Å². The number of benzene rings is 1. The zero-order chi connectivity index (χ0) is 14.7. The minimum absolute atomic E-state index is 0.224. The third-order valence-electron chi connectivity index (χ3n) is 3.54. The zero-order valence-electron chi connectivity index (χ0n) is 12.7. The molecule has 1 fully saturated rings. The van der Waals surface area contributed by atoms with Gasteiger partial charge in [-0.15, -0.1) is 0 Å². The topological polar surface area (TPSA) is 24.5 Å². The molecule has 0 spiro atoms. The van der Waals surface area contributed by atoms with Crippen LogP contribution in [0.2, 0.25) is 0 Å². The van der Waals surface area contributed by atoms with Crippen LogP contribution < -0.4 is 5.32 Å². The van der Waals surface area contributed by atoms with E-state index in [2.05, 4.69) is 62.2 Å². The van der Waals surface area contributed by atoms with Crippen molar-refractivity contribution >= 4 is 23.0 Å². The first-order valence-corrected chi connectivity index (χ1v) is 7.68. The predicted octanol–water partition coefficient (Wildman–Crippen LogP) is 3.62. The summed E-state index contributed by atoms with van der Waals surface area (Å²) in [4.78, 5) is 2.19. The molecule has 4 heteroatoms. The largest absolute Gasteiger partial charge is 0.372 e. The molecule has 1 aliphatic heterocycles. The lowest BCUT2D eigenvalue weighted by Crippen LogP contribution is -2.49. The van der Waals surface area contributed by atoms with Gasteiger partial charge in [0.1, 0.15) is 0 Å². The molecule has 0 aliphatic carbocycles. The minimum Gasteiger partial charge on any atom is -0.372 e. The highest BCUT2D eigenvalue weighted by Gasteiger charge is 2.23. The Morgan fingerprint density at radius 2 is 1.75 bits per heavy atom. The van der Waals surface area contributed by atoms with Crippen molar-refractivity contribution in [3.05, 3.63) is 29.8 Å². The molecule has 1 aromatic rings. The lowest BCUT2D eigenvalue weighted by molar-refractivity contribution is -0.0473. The van der Waals surface area contributed by atoms with Gasteiger partial charge in [-0.05, 0) is 49.7 Å². The third kappa shape index (κ3) is 3.93. The molecule has 1 aromatic carbocycles. The maximum Gasteiger partial charge on any atom is 0.173 e. The van der Waals surface area contributed by atoms with Gasteiger partial charge in [-0.1, -0.05) is 26.0 Å². The number of hydrogen-bond acceptors (Lipinski definition) is 2. The number of rotatable bonds is 2. The van der Waals surface area contributed by atoms with Crippen LogP contribution in [0.3, 0.4) is 0 Å². The summed E-state index contributed by atoms with van der Waals surface area (Å²) in [6.07, 6.45) is 0.448. The summed E-state index contributed by atoms with van der Waals surface area (Å²) >= 11 is 5.51. The highest BCUT2D eigenvalue weighted by molar-refractivity contribution is 7.80. The highest BCUT2D eigenvalue weighted by Crippen LogP contribution is 2.18. The molecule has 0 saturated carbocycles. The molecule has 1 heterocycles.